The van der Waals surface area contributed by atoms with Gasteiger partial charge in [0.25, 0.3) is 0 Å². The van der Waals surface area contributed by atoms with Crippen LogP contribution in [0.5, 0.6) is 11.5 Å². The summed E-state index contributed by atoms with van der Waals surface area (Å²) >= 11 is 0. The van der Waals surface area contributed by atoms with Crippen molar-refractivity contribution in [2.24, 2.45) is 0 Å². The minimum absolute atomic E-state index is 0.0947. The highest BCUT2D eigenvalue weighted by Gasteiger charge is 2.29. The molecule has 0 aliphatic carbocycles. The van der Waals surface area contributed by atoms with E-state index in [1.54, 1.807) is 0 Å². The summed E-state index contributed by atoms with van der Waals surface area (Å²) in [6.07, 6.45) is -0.387. The highest BCUT2D eigenvalue weighted by Crippen LogP contribution is 2.33. The largest absolute Gasteiger partial charge is 0.490 e. The fraction of sp³-hybridized carbons (Fsp3) is 0.421. The van der Waals surface area contributed by atoms with Gasteiger partial charge in [0.15, 0.2) is 17.6 Å². The monoisotopic (exact) mass is 328 g/mol. The van der Waals surface area contributed by atoms with Gasteiger partial charge >= 0.3 is 0 Å². The number of pyridine rings is 1. The highest BCUT2D eigenvalue weighted by atomic mass is 16.6. The van der Waals surface area contributed by atoms with Crippen LogP contribution < -0.4 is 14.8 Å². The Morgan fingerprint density at radius 1 is 1.21 bits per heavy atom. The van der Waals surface area contributed by atoms with Crippen LogP contribution in [0.4, 0.5) is 0 Å². The fourth-order valence-electron chi connectivity index (χ4n) is 2.79. The maximum atomic E-state index is 6.33. The molecule has 1 aromatic heterocycles. The topological polar surface area (TPSA) is 52.6 Å². The van der Waals surface area contributed by atoms with Gasteiger partial charge in [-0.15, -0.1) is 0 Å². The first-order chi connectivity index (χ1) is 11.8. The van der Waals surface area contributed by atoms with E-state index in [0.717, 1.165) is 30.2 Å². The van der Waals surface area contributed by atoms with Crippen molar-refractivity contribution in [3.63, 3.8) is 0 Å². The third-order valence-corrected chi connectivity index (χ3v) is 3.90. The maximum absolute atomic E-state index is 6.33. The fourth-order valence-corrected chi connectivity index (χ4v) is 2.79. The molecule has 5 nitrogen and oxygen atoms in total. The summed E-state index contributed by atoms with van der Waals surface area (Å²) < 4.78 is 17.9. The molecular formula is C19H24N2O3. The van der Waals surface area contributed by atoms with Gasteiger partial charge in [-0.1, -0.05) is 18.2 Å². The van der Waals surface area contributed by atoms with Crippen LogP contribution in [0.3, 0.4) is 0 Å². The van der Waals surface area contributed by atoms with Gasteiger partial charge in [-0.25, -0.2) is 0 Å². The summed E-state index contributed by atoms with van der Waals surface area (Å²) in [5.41, 5.74) is 1.83. The number of rotatable bonds is 6. The Morgan fingerprint density at radius 2 is 2.04 bits per heavy atom. The molecule has 2 atom stereocenters. The molecule has 3 rings (SSSR count). The van der Waals surface area contributed by atoms with Gasteiger partial charge in [0.05, 0.1) is 18.9 Å². The van der Waals surface area contributed by atoms with E-state index in [9.17, 15) is 0 Å². The Hall–Kier alpha value is -2.11. The second-order valence-corrected chi connectivity index (χ2v) is 5.74. The molecule has 1 N–H and O–H groups in total. The molecule has 1 aliphatic heterocycles. The van der Waals surface area contributed by atoms with Crippen LogP contribution >= 0.6 is 0 Å². The zero-order valence-electron chi connectivity index (χ0n) is 14.2. The quantitative estimate of drug-likeness (QED) is 0.884. The minimum atomic E-state index is -0.292. The van der Waals surface area contributed by atoms with Gasteiger partial charge in [-0.2, -0.15) is 0 Å². The summed E-state index contributed by atoms with van der Waals surface area (Å²) in [5.74, 6) is 1.45. The van der Waals surface area contributed by atoms with Crippen molar-refractivity contribution in [3.05, 3.63) is 53.9 Å². The van der Waals surface area contributed by atoms with Crippen molar-refractivity contribution in [2.75, 3.05) is 26.3 Å². The van der Waals surface area contributed by atoms with Gasteiger partial charge in [0.1, 0.15) is 6.10 Å². The Labute approximate surface area is 143 Å². The summed E-state index contributed by atoms with van der Waals surface area (Å²) in [4.78, 5) is 4.65. The zero-order valence-corrected chi connectivity index (χ0v) is 14.2. The predicted octanol–water partition coefficient (Wildman–Crippen LogP) is 2.90. The van der Waals surface area contributed by atoms with Crippen LogP contribution in [-0.2, 0) is 4.74 Å². The highest BCUT2D eigenvalue weighted by molar-refractivity contribution is 5.40. The first-order valence-electron chi connectivity index (χ1n) is 8.42. The van der Waals surface area contributed by atoms with Crippen LogP contribution in [0.25, 0.3) is 0 Å². The number of nitrogens with one attached hydrogen (secondary N) is 1. The summed E-state index contributed by atoms with van der Waals surface area (Å²) in [6, 6.07) is 13.7. The van der Waals surface area contributed by atoms with Gasteiger partial charge in [-0.05, 0) is 38.1 Å². The first-order valence-corrected chi connectivity index (χ1v) is 8.42. The van der Waals surface area contributed by atoms with E-state index in [0.29, 0.717) is 19.0 Å². The summed E-state index contributed by atoms with van der Waals surface area (Å²) in [5, 5.41) is 3.36. The second kappa shape index (κ2) is 8.13. The van der Waals surface area contributed by atoms with Gasteiger partial charge < -0.3 is 19.5 Å². The molecule has 24 heavy (non-hydrogen) atoms. The lowest BCUT2D eigenvalue weighted by atomic mass is 10.1. The molecule has 0 amide bonds. The number of hydrogen-bond donors (Lipinski definition) is 1. The summed E-state index contributed by atoms with van der Waals surface area (Å²) in [6.45, 7) is 6.80. The van der Waals surface area contributed by atoms with Crippen molar-refractivity contribution < 1.29 is 14.2 Å². The zero-order chi connectivity index (χ0) is 16.8. The normalized spacial score (nSPS) is 18.8. The Morgan fingerprint density at radius 3 is 2.75 bits per heavy atom. The van der Waals surface area contributed by atoms with Gasteiger partial charge in [0.2, 0.25) is 0 Å². The van der Waals surface area contributed by atoms with E-state index in [-0.39, 0.29) is 12.2 Å². The molecule has 128 valence electrons. The number of hydrogen-bond acceptors (Lipinski definition) is 5. The molecule has 2 aromatic rings. The average Bonchev–Trinajstić information content (AvgIpc) is 2.62. The number of aromatic nitrogens is 1. The Balaban J connectivity index is 1.90. The van der Waals surface area contributed by atoms with E-state index in [2.05, 4.69) is 10.3 Å². The average molecular weight is 328 g/mol. The summed E-state index contributed by atoms with van der Waals surface area (Å²) in [7, 11) is 0. The van der Waals surface area contributed by atoms with Crippen LogP contribution in [0.2, 0.25) is 0 Å². The number of nitrogens with zero attached hydrogens (tertiary/aromatic N) is 1. The van der Waals surface area contributed by atoms with Crippen molar-refractivity contribution in [3.8, 4) is 11.5 Å². The van der Waals surface area contributed by atoms with Crippen LogP contribution in [-0.4, -0.2) is 37.4 Å². The van der Waals surface area contributed by atoms with Gasteiger partial charge in [0, 0.05) is 18.8 Å². The molecule has 0 radical (unpaired) electrons. The van der Waals surface area contributed by atoms with Crippen molar-refractivity contribution in [2.45, 2.75) is 26.1 Å². The Kier molecular flexibility index (Phi) is 5.67. The molecule has 1 unspecified atom stereocenters. The molecule has 0 bridgehead atoms. The molecule has 0 spiro atoms. The molecule has 1 aliphatic rings. The van der Waals surface area contributed by atoms with E-state index in [4.69, 9.17) is 14.2 Å². The molecule has 1 aromatic carbocycles. The van der Waals surface area contributed by atoms with Crippen LogP contribution in [0.1, 0.15) is 24.4 Å². The molecule has 1 saturated heterocycles. The molecule has 2 heterocycles. The lowest BCUT2D eigenvalue weighted by molar-refractivity contribution is -0.0454. The van der Waals surface area contributed by atoms with Gasteiger partial charge in [-0.3, -0.25) is 4.98 Å². The number of aryl methyl sites for hydroxylation is 1. The second-order valence-electron chi connectivity index (χ2n) is 5.74. The predicted molar refractivity (Wildman–Crippen MR) is 92.6 cm³/mol. The lowest BCUT2D eigenvalue weighted by Crippen LogP contribution is -2.43. The number of benzene rings is 1. The standard InChI is InChI=1S/C19H24N2O3/c1-3-22-16-9-4-5-10-17(16)24-19(18-13-20-11-12-23-18)15-8-6-7-14(2)21-15/h4-10,18-20H,3,11-13H2,1-2H3/t18-,19?/m0/s1. The molecular weight excluding hydrogens is 304 g/mol. The van der Waals surface area contributed by atoms with E-state index in [1.807, 2.05) is 56.3 Å². The number of ether oxygens (including phenoxy) is 3. The SMILES string of the molecule is CCOc1ccccc1OC(c1cccc(C)n1)[C@@H]1CNCCO1. The maximum Gasteiger partial charge on any atom is 0.168 e. The van der Waals surface area contributed by atoms with Crippen molar-refractivity contribution >= 4 is 0 Å². The third kappa shape index (κ3) is 4.04. The third-order valence-electron chi connectivity index (χ3n) is 3.90. The van der Waals surface area contributed by atoms with Crippen LogP contribution in [0.15, 0.2) is 42.5 Å². The molecule has 5 heteroatoms. The minimum Gasteiger partial charge on any atom is -0.490 e. The first kappa shape index (κ1) is 16.7. The number of morpholine rings is 1. The lowest BCUT2D eigenvalue weighted by Gasteiger charge is -2.31. The van der Waals surface area contributed by atoms with Crippen molar-refractivity contribution in [1.82, 2.24) is 10.3 Å². The molecule has 0 saturated carbocycles. The Bertz CT molecular complexity index is 657. The molecule has 1 fully saturated rings. The smallest absolute Gasteiger partial charge is 0.168 e. The van der Waals surface area contributed by atoms with Crippen molar-refractivity contribution in [1.29, 1.82) is 0 Å². The van der Waals surface area contributed by atoms with Crippen LogP contribution in [0, 0.1) is 6.92 Å². The van der Waals surface area contributed by atoms with E-state index < -0.39 is 0 Å². The van der Waals surface area contributed by atoms with E-state index >= 15 is 0 Å². The number of para-hydroxylation sites is 2. The van der Waals surface area contributed by atoms with E-state index in [1.165, 1.54) is 0 Å².